The molecule has 106 valence electrons. The SMILES string of the molecule is CCOC(=O)c1ccn2cc(-c3ccc(Br)cc3)cc2c1. The predicted molar refractivity (Wildman–Crippen MR) is 86.5 cm³/mol. The van der Waals surface area contributed by atoms with Crippen LogP contribution >= 0.6 is 15.9 Å². The summed E-state index contributed by atoms with van der Waals surface area (Å²) in [6, 6.07) is 13.8. The van der Waals surface area contributed by atoms with E-state index in [4.69, 9.17) is 4.74 Å². The van der Waals surface area contributed by atoms with E-state index in [1.165, 1.54) is 0 Å². The molecule has 2 heterocycles. The highest BCUT2D eigenvalue weighted by atomic mass is 79.9. The van der Waals surface area contributed by atoms with Gasteiger partial charge in [-0.15, -0.1) is 0 Å². The monoisotopic (exact) mass is 343 g/mol. The van der Waals surface area contributed by atoms with Crippen molar-refractivity contribution in [2.45, 2.75) is 6.92 Å². The quantitative estimate of drug-likeness (QED) is 0.653. The number of halogens is 1. The van der Waals surface area contributed by atoms with Crippen LogP contribution in [0.4, 0.5) is 0 Å². The Balaban J connectivity index is 2.00. The zero-order valence-electron chi connectivity index (χ0n) is 11.5. The van der Waals surface area contributed by atoms with Gasteiger partial charge in [0.25, 0.3) is 0 Å². The smallest absolute Gasteiger partial charge is 0.338 e. The minimum atomic E-state index is -0.286. The molecule has 1 aromatic carbocycles. The van der Waals surface area contributed by atoms with Gasteiger partial charge in [-0.1, -0.05) is 28.1 Å². The van der Waals surface area contributed by atoms with Crippen molar-refractivity contribution in [2.75, 3.05) is 6.61 Å². The third kappa shape index (κ3) is 2.85. The van der Waals surface area contributed by atoms with E-state index in [-0.39, 0.29) is 5.97 Å². The van der Waals surface area contributed by atoms with E-state index in [0.29, 0.717) is 12.2 Å². The molecular formula is C17H14BrNO2. The third-order valence-corrected chi connectivity index (χ3v) is 3.82. The summed E-state index contributed by atoms with van der Waals surface area (Å²) in [4.78, 5) is 11.8. The molecule has 3 aromatic rings. The highest BCUT2D eigenvalue weighted by Crippen LogP contribution is 2.25. The van der Waals surface area contributed by atoms with Crippen molar-refractivity contribution in [2.24, 2.45) is 0 Å². The van der Waals surface area contributed by atoms with E-state index < -0.39 is 0 Å². The summed E-state index contributed by atoms with van der Waals surface area (Å²) in [5.41, 5.74) is 3.80. The minimum absolute atomic E-state index is 0.286. The summed E-state index contributed by atoms with van der Waals surface area (Å²) in [6.07, 6.45) is 3.93. The van der Waals surface area contributed by atoms with Gasteiger partial charge in [0.2, 0.25) is 0 Å². The summed E-state index contributed by atoms with van der Waals surface area (Å²) in [6.45, 7) is 2.19. The van der Waals surface area contributed by atoms with Crippen LogP contribution in [0.5, 0.6) is 0 Å². The van der Waals surface area contributed by atoms with Crippen molar-refractivity contribution in [3.63, 3.8) is 0 Å². The second-order valence-corrected chi connectivity index (χ2v) is 5.62. The van der Waals surface area contributed by atoms with Gasteiger partial charge in [-0.3, -0.25) is 0 Å². The van der Waals surface area contributed by atoms with Crippen LogP contribution in [0.15, 0.2) is 59.3 Å². The number of ether oxygens (including phenoxy) is 1. The Morgan fingerprint density at radius 2 is 1.90 bits per heavy atom. The van der Waals surface area contributed by atoms with Crippen molar-refractivity contribution in [3.8, 4) is 11.1 Å². The molecule has 3 rings (SSSR count). The lowest BCUT2D eigenvalue weighted by Crippen LogP contribution is -2.04. The number of hydrogen-bond donors (Lipinski definition) is 0. The standard InChI is InChI=1S/C17H14BrNO2/c1-2-21-17(20)13-7-8-19-11-14(10-16(19)9-13)12-3-5-15(18)6-4-12/h3-11H,2H2,1H3. The van der Waals surface area contributed by atoms with Gasteiger partial charge >= 0.3 is 5.97 Å². The number of carbonyl (C=O) groups is 1. The van der Waals surface area contributed by atoms with Gasteiger partial charge in [-0.2, -0.15) is 0 Å². The summed E-state index contributed by atoms with van der Waals surface area (Å²) >= 11 is 3.44. The van der Waals surface area contributed by atoms with Crippen molar-refractivity contribution in [3.05, 3.63) is 64.9 Å². The van der Waals surface area contributed by atoms with Crippen LogP contribution in [0, 0.1) is 0 Å². The number of pyridine rings is 1. The van der Waals surface area contributed by atoms with E-state index in [2.05, 4.69) is 34.1 Å². The molecular weight excluding hydrogens is 330 g/mol. The Morgan fingerprint density at radius 1 is 1.14 bits per heavy atom. The molecule has 4 heteroatoms. The maximum atomic E-state index is 11.8. The number of hydrogen-bond acceptors (Lipinski definition) is 2. The molecule has 0 aliphatic carbocycles. The highest BCUT2D eigenvalue weighted by Gasteiger charge is 2.08. The molecule has 0 unspecified atom stereocenters. The second kappa shape index (κ2) is 5.74. The van der Waals surface area contributed by atoms with E-state index in [9.17, 15) is 4.79 Å². The molecule has 21 heavy (non-hydrogen) atoms. The molecule has 3 nitrogen and oxygen atoms in total. The number of carbonyl (C=O) groups excluding carboxylic acids is 1. The summed E-state index contributed by atoms with van der Waals surface area (Å²) < 4.78 is 8.08. The Hall–Kier alpha value is -2.07. The average molecular weight is 344 g/mol. The lowest BCUT2D eigenvalue weighted by molar-refractivity contribution is 0.0526. The van der Waals surface area contributed by atoms with Crippen LogP contribution in [0.3, 0.4) is 0 Å². The van der Waals surface area contributed by atoms with Crippen molar-refractivity contribution in [1.29, 1.82) is 0 Å². The normalized spacial score (nSPS) is 10.8. The van der Waals surface area contributed by atoms with Gasteiger partial charge in [0, 0.05) is 27.9 Å². The largest absolute Gasteiger partial charge is 0.462 e. The van der Waals surface area contributed by atoms with E-state index in [1.54, 1.807) is 13.0 Å². The average Bonchev–Trinajstić information content (AvgIpc) is 2.91. The van der Waals surface area contributed by atoms with Crippen LogP contribution in [0.25, 0.3) is 16.6 Å². The molecule has 0 aliphatic heterocycles. The zero-order chi connectivity index (χ0) is 14.8. The van der Waals surface area contributed by atoms with Crippen LogP contribution < -0.4 is 0 Å². The van der Waals surface area contributed by atoms with Gasteiger partial charge < -0.3 is 9.14 Å². The first kappa shape index (κ1) is 13.9. The topological polar surface area (TPSA) is 30.7 Å². The molecule has 0 bridgehead atoms. The zero-order valence-corrected chi connectivity index (χ0v) is 13.1. The molecule has 0 radical (unpaired) electrons. The Labute approximate surface area is 131 Å². The van der Waals surface area contributed by atoms with Crippen molar-refractivity contribution >= 4 is 27.4 Å². The molecule has 0 fully saturated rings. The number of benzene rings is 1. The molecule has 0 saturated heterocycles. The molecule has 0 N–H and O–H groups in total. The minimum Gasteiger partial charge on any atom is -0.462 e. The number of esters is 1. The van der Waals surface area contributed by atoms with Crippen LogP contribution in [0.1, 0.15) is 17.3 Å². The van der Waals surface area contributed by atoms with E-state index >= 15 is 0 Å². The van der Waals surface area contributed by atoms with Gasteiger partial charge in [-0.05, 0) is 42.8 Å². The lowest BCUT2D eigenvalue weighted by atomic mass is 10.1. The molecule has 0 aliphatic rings. The van der Waals surface area contributed by atoms with Gasteiger partial charge in [-0.25, -0.2) is 4.79 Å². The van der Waals surface area contributed by atoms with E-state index in [0.717, 1.165) is 21.1 Å². The lowest BCUT2D eigenvalue weighted by Gasteiger charge is -2.02. The molecule has 0 amide bonds. The summed E-state index contributed by atoms with van der Waals surface area (Å²) in [5, 5.41) is 0. The third-order valence-electron chi connectivity index (χ3n) is 3.29. The number of aromatic nitrogens is 1. The van der Waals surface area contributed by atoms with Gasteiger partial charge in [0.1, 0.15) is 0 Å². The second-order valence-electron chi connectivity index (χ2n) is 4.70. The Morgan fingerprint density at radius 3 is 2.62 bits per heavy atom. The first-order valence-electron chi connectivity index (χ1n) is 6.72. The molecule has 0 spiro atoms. The molecule has 0 saturated carbocycles. The summed E-state index contributed by atoms with van der Waals surface area (Å²) in [7, 11) is 0. The maximum absolute atomic E-state index is 11.8. The Kier molecular flexibility index (Phi) is 3.80. The molecule has 0 atom stereocenters. The number of rotatable bonds is 3. The first-order chi connectivity index (χ1) is 10.2. The fraction of sp³-hybridized carbons (Fsp3) is 0.118. The van der Waals surface area contributed by atoms with Gasteiger partial charge in [0.05, 0.1) is 12.2 Å². The predicted octanol–water partition coefficient (Wildman–Crippen LogP) is 4.55. The highest BCUT2D eigenvalue weighted by molar-refractivity contribution is 9.10. The van der Waals surface area contributed by atoms with Crippen molar-refractivity contribution < 1.29 is 9.53 Å². The fourth-order valence-electron chi connectivity index (χ4n) is 2.25. The molecule has 2 aromatic heterocycles. The first-order valence-corrected chi connectivity index (χ1v) is 7.51. The van der Waals surface area contributed by atoms with Crippen molar-refractivity contribution in [1.82, 2.24) is 4.40 Å². The fourth-order valence-corrected chi connectivity index (χ4v) is 2.51. The maximum Gasteiger partial charge on any atom is 0.338 e. The Bertz CT molecular complexity index is 790. The van der Waals surface area contributed by atoms with Crippen LogP contribution in [0.2, 0.25) is 0 Å². The van der Waals surface area contributed by atoms with E-state index in [1.807, 2.05) is 35.0 Å². The number of fused-ring (bicyclic) bond motifs is 1. The van der Waals surface area contributed by atoms with Crippen LogP contribution in [-0.4, -0.2) is 17.0 Å². The van der Waals surface area contributed by atoms with Gasteiger partial charge in [0.15, 0.2) is 0 Å². The number of nitrogens with zero attached hydrogens (tertiary/aromatic N) is 1. The summed E-state index contributed by atoms with van der Waals surface area (Å²) in [5.74, 6) is -0.286. The van der Waals surface area contributed by atoms with Crippen LogP contribution in [-0.2, 0) is 4.74 Å².